The van der Waals surface area contributed by atoms with Gasteiger partial charge in [-0.3, -0.25) is 20.0 Å². The van der Waals surface area contributed by atoms with E-state index < -0.39 is 0 Å². The molecule has 8 nitrogen and oxygen atoms in total. The molecule has 17 heteroatoms. The standard InChI is InChI=1S/C23H20F2N2.C22H17Cl3N2.C22H18Cl2N2.C22H18F2N2/c1-15-3-13-21(14-4-15)27-16(2)22(17-5-9-19(24)10-6-17)26-23(27)18-7-11-20(25)12-8-18;1-14-21(15-2-6-17(23)7-3-15)26-22(16-4-8-18(24)9-5-16)27(14)20-12-10-19(25)11-13-20;2*1-15-21(16-7-11-18(23)12-8-16)25-22(17-9-13-19(24)14-10-17)26(15)20-5-3-2-4-6-20/h3-14,16,23H,1-2H3;2-14,22H,1H3;2*2-15,22H,1H3. The molecule has 0 spiro atoms. The average Bonchev–Trinajstić information content (AvgIpc) is 1.65. The topological polar surface area (TPSA) is 62.4 Å². The van der Waals surface area contributed by atoms with Gasteiger partial charge in [-0.05, 0) is 237 Å². The molecule has 16 rings (SSSR count). The third-order valence-corrected chi connectivity index (χ3v) is 20.4. The third-order valence-electron chi connectivity index (χ3n) is 19.1. The molecule has 0 amide bonds. The first-order valence-electron chi connectivity index (χ1n) is 34.7. The van der Waals surface area contributed by atoms with E-state index in [1.165, 1.54) is 54.1 Å². The summed E-state index contributed by atoms with van der Waals surface area (Å²) >= 11 is 30.4. The number of halogens is 9. The molecule has 0 aliphatic carbocycles. The fourth-order valence-corrected chi connectivity index (χ4v) is 14.4. The molecule has 4 aliphatic rings. The average molecular weight is 1510 g/mol. The first kappa shape index (κ1) is 74.0. The number of hydrogen-bond acceptors (Lipinski definition) is 8. The summed E-state index contributed by atoms with van der Waals surface area (Å²) in [6.07, 6.45) is -0.740. The molecule has 12 aromatic carbocycles. The molecule has 4 aliphatic heterocycles. The van der Waals surface area contributed by atoms with E-state index >= 15 is 0 Å². The van der Waals surface area contributed by atoms with Gasteiger partial charge in [-0.1, -0.05) is 209 Å². The van der Waals surface area contributed by atoms with Gasteiger partial charge in [0.2, 0.25) is 0 Å². The molecule has 0 radical (unpaired) electrons. The molecule has 106 heavy (non-hydrogen) atoms. The number of benzene rings is 12. The maximum Gasteiger partial charge on any atom is 0.148 e. The second-order valence-electron chi connectivity index (χ2n) is 26.1. The number of nitrogens with zero attached hydrogens (tertiary/aromatic N) is 8. The molecule has 0 aromatic heterocycles. The van der Waals surface area contributed by atoms with Crippen LogP contribution in [0.15, 0.2) is 323 Å². The van der Waals surface area contributed by atoms with Crippen LogP contribution in [0.1, 0.15) is 102 Å². The van der Waals surface area contributed by atoms with E-state index in [0.29, 0.717) is 15.1 Å². The van der Waals surface area contributed by atoms with Crippen molar-refractivity contribution in [1.82, 2.24) is 0 Å². The largest absolute Gasteiger partial charge is 0.337 e. The fourth-order valence-electron chi connectivity index (χ4n) is 13.8. The predicted molar refractivity (Wildman–Crippen MR) is 432 cm³/mol. The number of rotatable bonds is 12. The molecule has 0 saturated carbocycles. The Morgan fingerprint density at radius 1 is 0.236 bits per heavy atom. The molecule has 0 fully saturated rings. The summed E-state index contributed by atoms with van der Waals surface area (Å²) in [4.78, 5) is 29.1. The Hall–Kier alpha value is -10.3. The highest BCUT2D eigenvalue weighted by atomic mass is 35.5. The van der Waals surface area contributed by atoms with Gasteiger partial charge in [-0.15, -0.1) is 0 Å². The Kier molecular flexibility index (Phi) is 23.3. The van der Waals surface area contributed by atoms with Crippen molar-refractivity contribution < 1.29 is 17.6 Å². The molecule has 8 atom stereocenters. The quantitative estimate of drug-likeness (QED) is 0.114. The van der Waals surface area contributed by atoms with Gasteiger partial charge in [0.1, 0.15) is 47.9 Å². The van der Waals surface area contributed by atoms with Crippen LogP contribution < -0.4 is 19.6 Å². The Morgan fingerprint density at radius 2 is 0.425 bits per heavy atom. The predicted octanol–water partition coefficient (Wildman–Crippen LogP) is 24.5. The van der Waals surface area contributed by atoms with Crippen LogP contribution in [0.25, 0.3) is 0 Å². The SMILES string of the molecule is CC1C(c2ccc(Cl)cc2)=NC(c2ccc(Cl)cc2)N1c1ccc(Cl)cc1.CC1C(c2ccc(Cl)cc2)=NC(c2ccc(Cl)cc2)N1c1ccccc1.CC1C(c2ccc(F)cc2)=NC(c2ccc(F)cc2)N1c1ccccc1.Cc1ccc(N2C(C)C(c3ccc(F)cc3)=NC2c2ccc(F)cc2)cc1. The van der Waals surface area contributed by atoms with Crippen molar-refractivity contribution >= 4 is 104 Å². The maximum absolute atomic E-state index is 13.4. The summed E-state index contributed by atoms with van der Waals surface area (Å²) < 4.78 is 53.4. The van der Waals surface area contributed by atoms with Crippen molar-refractivity contribution in [2.45, 2.75) is 83.4 Å². The number of para-hydroxylation sites is 2. The summed E-state index contributed by atoms with van der Waals surface area (Å²) in [6.45, 7) is 10.6. The highest BCUT2D eigenvalue weighted by Crippen LogP contribution is 2.43. The van der Waals surface area contributed by atoms with E-state index in [1.807, 2.05) is 158 Å². The van der Waals surface area contributed by atoms with Gasteiger partial charge >= 0.3 is 0 Å². The molecule has 8 unspecified atom stereocenters. The van der Waals surface area contributed by atoms with E-state index in [1.54, 1.807) is 48.5 Å². The second kappa shape index (κ2) is 33.4. The van der Waals surface area contributed by atoms with Gasteiger partial charge in [0, 0.05) is 47.9 Å². The minimum absolute atomic E-state index is 0.00193. The van der Waals surface area contributed by atoms with Crippen molar-refractivity contribution in [1.29, 1.82) is 0 Å². The van der Waals surface area contributed by atoms with Crippen molar-refractivity contribution in [3.8, 4) is 0 Å². The number of aryl methyl sites for hydroxylation is 1. The van der Waals surface area contributed by atoms with E-state index in [9.17, 15) is 17.6 Å². The Labute approximate surface area is 641 Å². The monoisotopic (exact) mass is 1500 g/mol. The van der Waals surface area contributed by atoms with Crippen LogP contribution >= 0.6 is 58.0 Å². The van der Waals surface area contributed by atoms with Crippen LogP contribution in [-0.2, 0) is 0 Å². The van der Waals surface area contributed by atoms with Gasteiger partial charge in [0.25, 0.3) is 0 Å². The molecular weight excluding hydrogens is 1430 g/mol. The molecule has 4 heterocycles. The summed E-state index contributed by atoms with van der Waals surface area (Å²) in [5.41, 5.74) is 17.4. The lowest BCUT2D eigenvalue weighted by Crippen LogP contribution is -2.35. The minimum Gasteiger partial charge on any atom is -0.337 e. The zero-order valence-corrected chi connectivity index (χ0v) is 62.2. The lowest BCUT2D eigenvalue weighted by molar-refractivity contribution is 0.622. The zero-order chi connectivity index (χ0) is 74.1. The third kappa shape index (κ3) is 17.0. The minimum atomic E-state index is -0.270. The summed E-state index contributed by atoms with van der Waals surface area (Å²) in [6, 6.07) is 94.0. The highest BCUT2D eigenvalue weighted by Gasteiger charge is 2.39. The molecule has 0 N–H and O–H groups in total. The van der Waals surface area contributed by atoms with Gasteiger partial charge < -0.3 is 19.6 Å². The lowest BCUT2D eigenvalue weighted by Gasteiger charge is -2.30. The van der Waals surface area contributed by atoms with Crippen LogP contribution in [0.4, 0.5) is 40.3 Å². The van der Waals surface area contributed by atoms with Gasteiger partial charge in [-0.25, -0.2) is 17.6 Å². The van der Waals surface area contributed by atoms with E-state index in [2.05, 4.69) is 103 Å². The first-order chi connectivity index (χ1) is 51.3. The molecular formula is C89H73Cl5F4N8. The Morgan fingerprint density at radius 3 is 0.679 bits per heavy atom. The number of hydrogen-bond donors (Lipinski definition) is 0. The van der Waals surface area contributed by atoms with Crippen LogP contribution in [-0.4, -0.2) is 47.0 Å². The fraction of sp³-hybridized carbons (Fsp3) is 0.146. The Bertz CT molecular complexity index is 4740. The number of aliphatic imine (C=N–C) groups is 4. The normalized spacial score (nSPS) is 19.4. The first-order valence-corrected chi connectivity index (χ1v) is 36.6. The van der Waals surface area contributed by atoms with Crippen molar-refractivity contribution in [2.24, 2.45) is 20.0 Å². The highest BCUT2D eigenvalue weighted by molar-refractivity contribution is 6.32. The van der Waals surface area contributed by atoms with E-state index in [0.717, 1.165) is 100 Å². The van der Waals surface area contributed by atoms with Gasteiger partial charge in [-0.2, -0.15) is 0 Å². The summed E-state index contributed by atoms with van der Waals surface area (Å²) in [5, 5.41) is 3.60. The van der Waals surface area contributed by atoms with Gasteiger partial charge in [0.15, 0.2) is 0 Å². The molecule has 12 aromatic rings. The van der Waals surface area contributed by atoms with E-state index in [4.69, 9.17) is 78.0 Å². The smallest absolute Gasteiger partial charge is 0.148 e. The second-order valence-corrected chi connectivity index (χ2v) is 28.3. The van der Waals surface area contributed by atoms with Crippen LogP contribution in [0.3, 0.4) is 0 Å². The zero-order valence-electron chi connectivity index (χ0n) is 58.5. The lowest BCUT2D eigenvalue weighted by atomic mass is 10.0. The Balaban J connectivity index is 0.000000125. The number of anilines is 4. The van der Waals surface area contributed by atoms with Crippen LogP contribution in [0.2, 0.25) is 25.1 Å². The van der Waals surface area contributed by atoms with Gasteiger partial charge in [0.05, 0.1) is 47.0 Å². The van der Waals surface area contributed by atoms with Crippen molar-refractivity contribution in [3.05, 3.63) is 402 Å². The molecule has 532 valence electrons. The van der Waals surface area contributed by atoms with Crippen molar-refractivity contribution in [2.75, 3.05) is 19.6 Å². The molecule has 0 bridgehead atoms. The van der Waals surface area contributed by atoms with Crippen molar-refractivity contribution in [3.63, 3.8) is 0 Å². The van der Waals surface area contributed by atoms with Crippen LogP contribution in [0, 0.1) is 30.2 Å². The summed E-state index contributed by atoms with van der Waals surface area (Å²) in [5.74, 6) is -1.08. The summed E-state index contributed by atoms with van der Waals surface area (Å²) in [7, 11) is 0. The van der Waals surface area contributed by atoms with Crippen LogP contribution in [0.5, 0.6) is 0 Å². The maximum atomic E-state index is 13.4. The van der Waals surface area contributed by atoms with E-state index in [-0.39, 0.29) is 72.1 Å². The molecule has 0 saturated heterocycles.